The fraction of sp³-hybridized carbons (Fsp3) is 0.200. The largest absolute Gasteiger partial charge is 0.467 e. The number of thioether (sulfide) groups is 1. The van der Waals surface area contributed by atoms with Gasteiger partial charge < -0.3 is 15.4 Å². The number of esters is 1. The molecule has 170 valence electrons. The molecule has 1 heterocycles. The molecule has 0 saturated carbocycles. The number of methoxy groups -OCH3 is 1. The molecule has 0 unspecified atom stereocenters. The Hall–Kier alpha value is -3.23. The first-order chi connectivity index (χ1) is 16.0. The first-order valence-corrected chi connectivity index (χ1v) is 12.1. The van der Waals surface area contributed by atoms with Crippen molar-refractivity contribution in [3.8, 4) is 11.1 Å². The highest BCUT2D eigenvalue weighted by atomic mass is 32.2. The Morgan fingerprint density at radius 3 is 2.58 bits per heavy atom. The van der Waals surface area contributed by atoms with Crippen LogP contribution in [0.5, 0.6) is 0 Å². The molecule has 0 spiro atoms. The van der Waals surface area contributed by atoms with Gasteiger partial charge in [-0.1, -0.05) is 42.5 Å². The van der Waals surface area contributed by atoms with Crippen molar-refractivity contribution in [1.82, 2.24) is 10.3 Å². The number of benzene rings is 2. The summed E-state index contributed by atoms with van der Waals surface area (Å²) < 4.78 is 4.87. The number of rotatable bonds is 9. The van der Waals surface area contributed by atoms with Crippen LogP contribution in [-0.4, -0.2) is 47.0 Å². The molecule has 2 N–H and O–H groups in total. The summed E-state index contributed by atoms with van der Waals surface area (Å²) in [5, 5.41) is 6.05. The zero-order valence-electron chi connectivity index (χ0n) is 18.4. The van der Waals surface area contributed by atoms with Crippen molar-refractivity contribution >= 4 is 46.5 Å². The van der Waals surface area contributed by atoms with Crippen molar-refractivity contribution in [2.75, 3.05) is 24.4 Å². The number of aromatic nitrogens is 1. The molecule has 0 aliphatic heterocycles. The van der Waals surface area contributed by atoms with Crippen molar-refractivity contribution < 1.29 is 14.3 Å². The number of amides is 1. The molecule has 6 nitrogen and oxygen atoms in total. The lowest BCUT2D eigenvalue weighted by Gasteiger charge is -2.18. The van der Waals surface area contributed by atoms with E-state index >= 15 is 0 Å². The fourth-order valence-electron chi connectivity index (χ4n) is 3.24. The summed E-state index contributed by atoms with van der Waals surface area (Å²) in [6.45, 7) is 0. The zero-order chi connectivity index (χ0) is 23.6. The summed E-state index contributed by atoms with van der Waals surface area (Å²) in [4.78, 5) is 30.0. The van der Waals surface area contributed by atoms with Crippen LogP contribution in [0.25, 0.3) is 11.1 Å². The van der Waals surface area contributed by atoms with Gasteiger partial charge in [-0.05, 0) is 59.9 Å². The molecular formula is C25H25N3O3S2. The van der Waals surface area contributed by atoms with E-state index in [0.29, 0.717) is 17.0 Å². The highest BCUT2D eigenvalue weighted by Gasteiger charge is 2.23. The SMILES string of the molecule is COC(=O)[C@H](CCSC)NC(=O)c1ccc(NC(=S)c2cccnc2)cc1-c1ccccc1. The molecule has 8 heteroatoms. The van der Waals surface area contributed by atoms with Gasteiger partial charge in [0.2, 0.25) is 0 Å². The van der Waals surface area contributed by atoms with E-state index in [1.54, 1.807) is 36.3 Å². The Labute approximate surface area is 203 Å². The molecular weight excluding hydrogens is 454 g/mol. The number of ether oxygens (including phenoxy) is 1. The van der Waals surface area contributed by atoms with Crippen LogP contribution in [0.3, 0.4) is 0 Å². The molecule has 2 aromatic carbocycles. The van der Waals surface area contributed by atoms with Crippen molar-refractivity contribution in [1.29, 1.82) is 0 Å². The first kappa shape index (κ1) is 24.4. The van der Waals surface area contributed by atoms with Crippen LogP contribution in [0.4, 0.5) is 5.69 Å². The molecule has 0 radical (unpaired) electrons. The van der Waals surface area contributed by atoms with Crippen molar-refractivity contribution in [2.24, 2.45) is 0 Å². The number of hydrogen-bond donors (Lipinski definition) is 2. The molecule has 0 bridgehead atoms. The summed E-state index contributed by atoms with van der Waals surface area (Å²) in [7, 11) is 1.32. The normalized spacial score (nSPS) is 11.3. The van der Waals surface area contributed by atoms with E-state index < -0.39 is 12.0 Å². The Morgan fingerprint density at radius 2 is 1.91 bits per heavy atom. The van der Waals surface area contributed by atoms with E-state index in [1.165, 1.54) is 7.11 Å². The lowest BCUT2D eigenvalue weighted by Crippen LogP contribution is -2.42. The summed E-state index contributed by atoms with van der Waals surface area (Å²) in [5.74, 6) is -0.0780. The quantitative estimate of drug-likeness (QED) is 0.344. The number of nitrogens with one attached hydrogen (secondary N) is 2. The topological polar surface area (TPSA) is 80.3 Å². The van der Waals surface area contributed by atoms with Gasteiger partial charge in [-0.3, -0.25) is 9.78 Å². The number of carbonyl (C=O) groups is 2. The van der Waals surface area contributed by atoms with Crippen molar-refractivity contribution in [2.45, 2.75) is 12.5 Å². The van der Waals surface area contributed by atoms with Gasteiger partial charge in [-0.25, -0.2) is 4.79 Å². The number of thiocarbonyl (C=S) groups is 1. The van der Waals surface area contributed by atoms with Gasteiger partial charge in [0.05, 0.1) is 7.11 Å². The third-order valence-corrected chi connectivity index (χ3v) is 5.91. The average Bonchev–Trinajstić information content (AvgIpc) is 2.86. The van der Waals surface area contributed by atoms with Gasteiger partial charge in [0.1, 0.15) is 11.0 Å². The standard InChI is InChI=1S/C25H25N3O3S2/c1-31-25(30)22(12-14-33-2)28-23(29)20-11-10-19(15-21(20)17-7-4-3-5-8-17)27-24(32)18-9-6-13-26-16-18/h3-11,13,15-16,22H,12,14H2,1-2H3,(H,27,32)(H,28,29)/t22-/m0/s1. The molecule has 1 aromatic heterocycles. The third kappa shape index (κ3) is 6.63. The van der Waals surface area contributed by atoms with E-state index in [0.717, 1.165) is 28.1 Å². The van der Waals surface area contributed by atoms with E-state index in [2.05, 4.69) is 15.6 Å². The lowest BCUT2D eigenvalue weighted by atomic mass is 9.98. The average molecular weight is 480 g/mol. The minimum Gasteiger partial charge on any atom is -0.467 e. The molecule has 1 amide bonds. The minimum absolute atomic E-state index is 0.341. The van der Waals surface area contributed by atoms with Gasteiger partial charge in [0, 0.05) is 29.2 Å². The van der Waals surface area contributed by atoms with Crippen LogP contribution in [-0.2, 0) is 9.53 Å². The second-order valence-corrected chi connectivity index (χ2v) is 8.55. The maximum atomic E-state index is 13.2. The zero-order valence-corrected chi connectivity index (χ0v) is 20.0. The fourth-order valence-corrected chi connectivity index (χ4v) is 3.95. The predicted octanol–water partition coefficient (Wildman–Crippen LogP) is 4.56. The van der Waals surface area contributed by atoms with Gasteiger partial charge in [0.25, 0.3) is 5.91 Å². The van der Waals surface area contributed by atoms with Crippen molar-refractivity contribution in [3.05, 3.63) is 84.2 Å². The third-order valence-electron chi connectivity index (χ3n) is 4.93. The lowest BCUT2D eigenvalue weighted by molar-refractivity contribution is -0.142. The number of pyridine rings is 1. The Kier molecular flexibility index (Phi) is 8.97. The van der Waals surface area contributed by atoms with E-state index in [4.69, 9.17) is 17.0 Å². The van der Waals surface area contributed by atoms with Crippen LogP contribution in [0.2, 0.25) is 0 Å². The van der Waals surface area contributed by atoms with Gasteiger partial charge >= 0.3 is 5.97 Å². The summed E-state index contributed by atoms with van der Waals surface area (Å²) in [6, 6.07) is 18.0. The molecule has 0 aliphatic rings. The molecule has 0 fully saturated rings. The Morgan fingerprint density at radius 1 is 1.12 bits per heavy atom. The number of anilines is 1. The van der Waals surface area contributed by atoms with E-state index in [1.807, 2.05) is 54.8 Å². The van der Waals surface area contributed by atoms with Gasteiger partial charge in [-0.2, -0.15) is 11.8 Å². The maximum Gasteiger partial charge on any atom is 0.328 e. The highest BCUT2D eigenvalue weighted by Crippen LogP contribution is 2.28. The van der Waals surface area contributed by atoms with Crippen LogP contribution in [0, 0.1) is 0 Å². The van der Waals surface area contributed by atoms with Crippen LogP contribution in [0.15, 0.2) is 73.1 Å². The second kappa shape index (κ2) is 12.1. The minimum atomic E-state index is -0.713. The number of carbonyl (C=O) groups excluding carboxylic acids is 2. The number of hydrogen-bond acceptors (Lipinski definition) is 6. The highest BCUT2D eigenvalue weighted by molar-refractivity contribution is 7.98. The predicted molar refractivity (Wildman–Crippen MR) is 138 cm³/mol. The molecule has 3 rings (SSSR count). The smallest absolute Gasteiger partial charge is 0.328 e. The maximum absolute atomic E-state index is 13.2. The molecule has 0 saturated heterocycles. The van der Waals surface area contributed by atoms with Crippen LogP contribution < -0.4 is 10.6 Å². The Balaban J connectivity index is 1.91. The first-order valence-electron chi connectivity index (χ1n) is 10.3. The van der Waals surface area contributed by atoms with Crippen LogP contribution in [0.1, 0.15) is 22.3 Å². The summed E-state index contributed by atoms with van der Waals surface area (Å²) in [6.07, 6.45) is 5.81. The van der Waals surface area contributed by atoms with Gasteiger partial charge in [0.15, 0.2) is 0 Å². The molecule has 0 aliphatic carbocycles. The van der Waals surface area contributed by atoms with Crippen LogP contribution >= 0.6 is 24.0 Å². The molecule has 33 heavy (non-hydrogen) atoms. The van der Waals surface area contributed by atoms with Gasteiger partial charge in [-0.15, -0.1) is 0 Å². The Bertz CT molecular complexity index is 1110. The second-order valence-electron chi connectivity index (χ2n) is 7.15. The number of nitrogens with zero attached hydrogens (tertiary/aromatic N) is 1. The van der Waals surface area contributed by atoms with Crippen molar-refractivity contribution in [3.63, 3.8) is 0 Å². The summed E-state index contributed by atoms with van der Waals surface area (Å²) >= 11 is 7.11. The summed E-state index contributed by atoms with van der Waals surface area (Å²) in [5.41, 5.74) is 3.59. The molecule has 1 atom stereocenters. The van der Waals surface area contributed by atoms with E-state index in [-0.39, 0.29) is 5.91 Å². The monoisotopic (exact) mass is 479 g/mol. The molecule has 3 aromatic rings. The van der Waals surface area contributed by atoms with E-state index in [9.17, 15) is 9.59 Å².